The second-order valence-corrected chi connectivity index (χ2v) is 6.08. The number of Topliss-reactive ketones (excluding diaryl/α,β-unsaturated/α-hetero) is 1. The van der Waals surface area contributed by atoms with E-state index in [9.17, 15) is 20.1 Å². The molecule has 0 spiro atoms. The number of ketones is 1. The van der Waals surface area contributed by atoms with Crippen molar-refractivity contribution in [1.82, 2.24) is 0 Å². The molecule has 0 saturated carbocycles. The molecule has 5 heteroatoms. The normalized spacial score (nSPS) is 30.9. The zero-order valence-corrected chi connectivity index (χ0v) is 12.6. The van der Waals surface area contributed by atoms with Gasteiger partial charge in [0.15, 0.2) is 5.78 Å². The Morgan fingerprint density at radius 1 is 1.24 bits per heavy atom. The van der Waals surface area contributed by atoms with Gasteiger partial charge in [0.1, 0.15) is 18.0 Å². The fraction of sp³-hybridized carbons (Fsp3) is 0.812. The largest absolute Gasteiger partial charge is 0.489 e. The van der Waals surface area contributed by atoms with Crippen LogP contribution in [0.4, 0.5) is 0 Å². The molecular weight excluding hydrogens is 272 g/mol. The van der Waals surface area contributed by atoms with Gasteiger partial charge >= 0.3 is 0 Å². The number of carbonyl (C=O) groups is 1. The highest BCUT2D eigenvalue weighted by molar-refractivity contribution is 5.98. The molecule has 0 saturated heterocycles. The Labute approximate surface area is 125 Å². The van der Waals surface area contributed by atoms with E-state index in [0.29, 0.717) is 12.8 Å². The van der Waals surface area contributed by atoms with Crippen LogP contribution in [0.1, 0.15) is 58.3 Å². The van der Waals surface area contributed by atoms with Crippen molar-refractivity contribution in [2.24, 2.45) is 0 Å². The zero-order chi connectivity index (χ0) is 15.4. The van der Waals surface area contributed by atoms with E-state index >= 15 is 0 Å². The Kier molecular flexibility index (Phi) is 5.79. The van der Waals surface area contributed by atoms with E-state index in [4.69, 9.17) is 4.74 Å². The fourth-order valence-corrected chi connectivity index (χ4v) is 3.09. The molecule has 0 aromatic carbocycles. The number of carbonyl (C=O) groups excluding carboxylic acids is 1. The van der Waals surface area contributed by atoms with E-state index in [-0.39, 0.29) is 30.0 Å². The summed E-state index contributed by atoms with van der Waals surface area (Å²) in [5, 5.41) is 30.3. The van der Waals surface area contributed by atoms with Gasteiger partial charge in [-0.25, -0.2) is 0 Å². The number of hydrogen-bond donors (Lipinski definition) is 3. The highest BCUT2D eigenvalue weighted by atomic mass is 16.5. The molecule has 1 heterocycles. The maximum atomic E-state index is 11.8. The van der Waals surface area contributed by atoms with Crippen molar-refractivity contribution in [2.75, 3.05) is 0 Å². The Morgan fingerprint density at radius 3 is 2.71 bits per heavy atom. The molecule has 1 aliphatic heterocycles. The van der Waals surface area contributed by atoms with Gasteiger partial charge < -0.3 is 20.1 Å². The van der Waals surface area contributed by atoms with Crippen molar-refractivity contribution >= 4 is 5.78 Å². The van der Waals surface area contributed by atoms with Crippen LogP contribution in [0.2, 0.25) is 0 Å². The first-order chi connectivity index (χ1) is 10.0. The highest BCUT2D eigenvalue weighted by Crippen LogP contribution is 2.34. The number of unbranched alkanes of at least 4 members (excludes halogenated alkanes) is 3. The van der Waals surface area contributed by atoms with Crippen LogP contribution in [-0.2, 0) is 9.53 Å². The summed E-state index contributed by atoms with van der Waals surface area (Å²) in [6.07, 6.45) is 2.66. The van der Waals surface area contributed by atoms with E-state index in [1.807, 2.05) is 0 Å². The second kappa shape index (κ2) is 7.38. The summed E-state index contributed by atoms with van der Waals surface area (Å²) < 4.78 is 5.66. The van der Waals surface area contributed by atoms with Gasteiger partial charge in [0, 0.05) is 12.8 Å². The summed E-state index contributed by atoms with van der Waals surface area (Å²) in [6.45, 7) is 2.13. The molecule has 0 amide bonds. The number of hydrogen-bond acceptors (Lipinski definition) is 5. The highest BCUT2D eigenvalue weighted by Gasteiger charge is 2.40. The third kappa shape index (κ3) is 3.84. The second-order valence-electron chi connectivity index (χ2n) is 6.08. The summed E-state index contributed by atoms with van der Waals surface area (Å²) in [6, 6.07) is 0. The van der Waals surface area contributed by atoms with Crippen LogP contribution in [0, 0.1) is 0 Å². The number of ether oxygens (including phenoxy) is 1. The summed E-state index contributed by atoms with van der Waals surface area (Å²) in [5.41, 5.74) is 0.211. The average molecular weight is 298 g/mol. The van der Waals surface area contributed by atoms with E-state index < -0.39 is 24.4 Å². The first-order valence-corrected chi connectivity index (χ1v) is 8.02. The molecule has 120 valence electrons. The molecule has 2 rings (SSSR count). The molecular formula is C16H26O5. The van der Waals surface area contributed by atoms with Crippen LogP contribution >= 0.6 is 0 Å². The van der Waals surface area contributed by atoms with Gasteiger partial charge in [-0.15, -0.1) is 0 Å². The summed E-state index contributed by atoms with van der Waals surface area (Å²) in [7, 11) is 0. The maximum absolute atomic E-state index is 11.8. The van der Waals surface area contributed by atoms with Crippen molar-refractivity contribution in [3.05, 3.63) is 11.3 Å². The lowest BCUT2D eigenvalue weighted by molar-refractivity contribution is -0.123. The van der Waals surface area contributed by atoms with E-state index in [1.165, 1.54) is 0 Å². The molecule has 0 bridgehead atoms. The third-order valence-electron chi connectivity index (χ3n) is 4.36. The van der Waals surface area contributed by atoms with Crippen LogP contribution in [0.5, 0.6) is 0 Å². The summed E-state index contributed by atoms with van der Waals surface area (Å²) >= 11 is 0. The Bertz CT molecular complexity index is 403. The lowest BCUT2D eigenvalue weighted by Gasteiger charge is -2.37. The van der Waals surface area contributed by atoms with Gasteiger partial charge in [0.25, 0.3) is 0 Å². The van der Waals surface area contributed by atoms with Gasteiger partial charge in [-0.2, -0.15) is 0 Å². The van der Waals surface area contributed by atoms with Gasteiger partial charge in [-0.3, -0.25) is 4.79 Å². The lowest BCUT2D eigenvalue weighted by atomic mass is 9.85. The number of aliphatic hydroxyl groups excluding tert-OH is 3. The van der Waals surface area contributed by atoms with E-state index in [1.54, 1.807) is 0 Å². The molecule has 0 fully saturated rings. The lowest BCUT2D eigenvalue weighted by Crippen LogP contribution is -2.43. The predicted molar refractivity (Wildman–Crippen MR) is 77.5 cm³/mol. The Morgan fingerprint density at radius 2 is 2.00 bits per heavy atom. The van der Waals surface area contributed by atoms with E-state index in [0.717, 1.165) is 25.7 Å². The molecule has 0 radical (unpaired) electrons. The van der Waals surface area contributed by atoms with Crippen molar-refractivity contribution in [2.45, 2.75) is 82.7 Å². The molecule has 0 aromatic rings. The first kappa shape index (κ1) is 16.5. The molecule has 1 unspecified atom stereocenters. The smallest absolute Gasteiger partial charge is 0.165 e. The van der Waals surface area contributed by atoms with Crippen LogP contribution in [0.3, 0.4) is 0 Å². The topological polar surface area (TPSA) is 87.0 Å². The van der Waals surface area contributed by atoms with Crippen LogP contribution < -0.4 is 0 Å². The Balaban J connectivity index is 1.98. The Hall–Kier alpha value is -0.910. The molecule has 3 N–H and O–H groups in total. The first-order valence-electron chi connectivity index (χ1n) is 8.02. The molecule has 0 aromatic heterocycles. The number of aliphatic hydroxyl groups is 3. The monoisotopic (exact) mass is 298 g/mol. The van der Waals surface area contributed by atoms with Crippen LogP contribution in [0.25, 0.3) is 0 Å². The summed E-state index contributed by atoms with van der Waals surface area (Å²) in [4.78, 5) is 11.8. The zero-order valence-electron chi connectivity index (χ0n) is 12.6. The quantitative estimate of drug-likeness (QED) is 0.646. The SMILES string of the molecule is CCCCCCC(O)[C@@H]1C[C@@H](O)C2=C(O1)[C@H](O)CCC2=O. The molecule has 21 heavy (non-hydrogen) atoms. The van der Waals surface area contributed by atoms with Crippen molar-refractivity contribution in [1.29, 1.82) is 0 Å². The average Bonchev–Trinajstić information content (AvgIpc) is 2.46. The van der Waals surface area contributed by atoms with Gasteiger partial charge in [-0.05, 0) is 12.8 Å². The minimum Gasteiger partial charge on any atom is -0.489 e. The standard InChI is InChI=1S/C16H26O5/c1-2-3-4-5-6-10(17)14-9-13(20)15-11(18)7-8-12(19)16(15)21-14/h10,12-14,17,19-20H,2-9H2,1H3/t10?,12-,13-,14+/m1/s1. The van der Waals surface area contributed by atoms with E-state index in [2.05, 4.69) is 6.92 Å². The molecule has 5 nitrogen and oxygen atoms in total. The predicted octanol–water partition coefficient (Wildman–Crippen LogP) is 1.45. The summed E-state index contributed by atoms with van der Waals surface area (Å²) in [5.74, 6) is 0.0290. The minimum absolute atomic E-state index is 0.154. The minimum atomic E-state index is -0.938. The molecule has 4 atom stereocenters. The number of rotatable bonds is 6. The van der Waals surface area contributed by atoms with Crippen LogP contribution in [-0.4, -0.2) is 45.5 Å². The molecule has 2 aliphatic rings. The van der Waals surface area contributed by atoms with Crippen LogP contribution in [0.15, 0.2) is 11.3 Å². The van der Waals surface area contributed by atoms with Crippen molar-refractivity contribution < 1.29 is 24.9 Å². The fourth-order valence-electron chi connectivity index (χ4n) is 3.09. The van der Waals surface area contributed by atoms with Gasteiger partial charge in [0.05, 0.1) is 17.8 Å². The maximum Gasteiger partial charge on any atom is 0.165 e. The molecule has 1 aliphatic carbocycles. The van der Waals surface area contributed by atoms with Crippen molar-refractivity contribution in [3.63, 3.8) is 0 Å². The van der Waals surface area contributed by atoms with Gasteiger partial charge in [-0.1, -0.05) is 32.6 Å². The van der Waals surface area contributed by atoms with Crippen molar-refractivity contribution in [3.8, 4) is 0 Å². The third-order valence-corrected chi connectivity index (χ3v) is 4.36. The van der Waals surface area contributed by atoms with Gasteiger partial charge in [0.2, 0.25) is 0 Å².